The maximum absolute atomic E-state index is 12.1. The zero-order valence-electron chi connectivity index (χ0n) is 12.9. The van der Waals surface area contributed by atoms with E-state index in [1.165, 1.54) is 0 Å². The lowest BCUT2D eigenvalue weighted by atomic mass is 9.77. The van der Waals surface area contributed by atoms with E-state index in [2.05, 4.69) is 24.1 Å². The molecule has 1 heterocycles. The molecule has 0 radical (unpaired) electrons. The Hall–Kier alpha value is -0.650. The van der Waals surface area contributed by atoms with Crippen LogP contribution in [0.15, 0.2) is 0 Å². The van der Waals surface area contributed by atoms with E-state index in [0.717, 1.165) is 52.0 Å². The molecule has 1 saturated heterocycles. The maximum atomic E-state index is 12.1. The Kier molecular flexibility index (Phi) is 5.41. The topological polar surface area (TPSA) is 67.6 Å². The highest BCUT2D eigenvalue weighted by molar-refractivity contribution is 5.87. The fraction of sp³-hybridized carbons (Fsp3) is 0.933. The van der Waals surface area contributed by atoms with Crippen molar-refractivity contribution >= 4 is 5.91 Å². The fourth-order valence-electron chi connectivity index (χ4n) is 3.02. The third-order valence-electron chi connectivity index (χ3n) is 4.50. The van der Waals surface area contributed by atoms with Gasteiger partial charge in [0.2, 0.25) is 5.91 Å². The Morgan fingerprint density at radius 2 is 2.00 bits per heavy atom. The lowest BCUT2D eigenvalue weighted by molar-refractivity contribution is -0.129. The van der Waals surface area contributed by atoms with Gasteiger partial charge in [0.15, 0.2) is 0 Å². The number of carbonyl (C=O) groups is 1. The van der Waals surface area contributed by atoms with Crippen LogP contribution in [0.25, 0.3) is 0 Å². The molecule has 0 aromatic heterocycles. The van der Waals surface area contributed by atoms with Gasteiger partial charge in [0, 0.05) is 25.7 Å². The molecule has 0 bridgehead atoms. The summed E-state index contributed by atoms with van der Waals surface area (Å²) in [5.74, 6) is 0.654. The van der Waals surface area contributed by atoms with Crippen LogP contribution in [-0.4, -0.2) is 55.2 Å². The molecule has 1 aliphatic heterocycles. The molecule has 0 aromatic rings. The van der Waals surface area contributed by atoms with Crippen LogP contribution >= 0.6 is 0 Å². The lowest BCUT2D eigenvalue weighted by Gasteiger charge is -2.39. The second-order valence-corrected chi connectivity index (χ2v) is 6.65. The molecule has 1 saturated carbocycles. The van der Waals surface area contributed by atoms with Crippen molar-refractivity contribution in [1.29, 1.82) is 0 Å². The van der Waals surface area contributed by atoms with Crippen LogP contribution in [0.1, 0.15) is 39.5 Å². The van der Waals surface area contributed by atoms with Gasteiger partial charge in [0.1, 0.15) is 0 Å². The number of ether oxygens (including phenoxy) is 1. The predicted octanol–water partition coefficient (Wildman–Crippen LogP) is 0.731. The van der Waals surface area contributed by atoms with Gasteiger partial charge in [0.05, 0.1) is 18.8 Å². The molecule has 0 aromatic carbocycles. The third kappa shape index (κ3) is 3.93. The third-order valence-corrected chi connectivity index (χ3v) is 4.50. The van der Waals surface area contributed by atoms with Crippen molar-refractivity contribution in [3.63, 3.8) is 0 Å². The van der Waals surface area contributed by atoms with Gasteiger partial charge >= 0.3 is 0 Å². The first kappa shape index (κ1) is 15.7. The second-order valence-electron chi connectivity index (χ2n) is 6.65. The Bertz CT molecular complexity index is 323. The number of nitrogens with two attached hydrogens (primary N) is 1. The smallest absolute Gasteiger partial charge is 0.240 e. The van der Waals surface area contributed by atoms with E-state index < -0.39 is 5.54 Å². The minimum Gasteiger partial charge on any atom is -0.379 e. The van der Waals surface area contributed by atoms with Gasteiger partial charge in [-0.15, -0.1) is 0 Å². The van der Waals surface area contributed by atoms with Crippen LogP contribution < -0.4 is 11.1 Å². The molecular weight excluding hydrogens is 254 g/mol. The van der Waals surface area contributed by atoms with Crippen molar-refractivity contribution in [3.05, 3.63) is 0 Å². The lowest BCUT2D eigenvalue weighted by Crippen LogP contribution is -2.60. The Morgan fingerprint density at radius 3 is 2.50 bits per heavy atom. The van der Waals surface area contributed by atoms with Crippen molar-refractivity contribution in [2.75, 3.05) is 32.8 Å². The second kappa shape index (κ2) is 6.87. The van der Waals surface area contributed by atoms with E-state index in [9.17, 15) is 4.79 Å². The molecule has 20 heavy (non-hydrogen) atoms. The van der Waals surface area contributed by atoms with Crippen molar-refractivity contribution < 1.29 is 9.53 Å². The van der Waals surface area contributed by atoms with E-state index >= 15 is 0 Å². The highest BCUT2D eigenvalue weighted by Gasteiger charge is 2.40. The number of nitrogens with one attached hydrogen (secondary N) is 1. The Labute approximate surface area is 122 Å². The van der Waals surface area contributed by atoms with Gasteiger partial charge in [-0.2, -0.15) is 0 Å². The van der Waals surface area contributed by atoms with E-state index in [1.54, 1.807) is 0 Å². The summed E-state index contributed by atoms with van der Waals surface area (Å²) >= 11 is 0. The highest BCUT2D eigenvalue weighted by Crippen LogP contribution is 2.29. The van der Waals surface area contributed by atoms with E-state index in [1.807, 2.05) is 0 Å². The summed E-state index contributed by atoms with van der Waals surface area (Å²) in [6.07, 6.45) is 3.82. The first-order chi connectivity index (χ1) is 9.51. The summed E-state index contributed by atoms with van der Waals surface area (Å²) in [6.45, 7) is 8.67. The fourth-order valence-corrected chi connectivity index (χ4v) is 3.02. The van der Waals surface area contributed by atoms with Crippen LogP contribution in [0.3, 0.4) is 0 Å². The van der Waals surface area contributed by atoms with Crippen LogP contribution in [0.5, 0.6) is 0 Å². The number of rotatable bonds is 6. The van der Waals surface area contributed by atoms with Crippen molar-refractivity contribution in [3.8, 4) is 0 Å². The molecule has 2 aliphatic rings. The minimum absolute atomic E-state index is 0.0331. The Morgan fingerprint density at radius 1 is 1.35 bits per heavy atom. The van der Waals surface area contributed by atoms with Crippen LogP contribution in [0.4, 0.5) is 0 Å². The summed E-state index contributed by atoms with van der Waals surface area (Å²) in [7, 11) is 0. The first-order valence-corrected chi connectivity index (χ1v) is 7.90. The summed E-state index contributed by atoms with van der Waals surface area (Å²) in [5, 5.41) is 3.08. The number of hydrogen-bond donors (Lipinski definition) is 2. The number of hydrogen-bond acceptors (Lipinski definition) is 4. The van der Waals surface area contributed by atoms with Gasteiger partial charge < -0.3 is 15.8 Å². The molecule has 116 valence electrons. The van der Waals surface area contributed by atoms with Crippen molar-refractivity contribution in [1.82, 2.24) is 10.2 Å². The highest BCUT2D eigenvalue weighted by atomic mass is 16.5. The predicted molar refractivity (Wildman–Crippen MR) is 79.4 cm³/mol. The number of morpholine rings is 1. The summed E-state index contributed by atoms with van der Waals surface area (Å²) in [6, 6.07) is 0.395. The largest absolute Gasteiger partial charge is 0.379 e. The molecular formula is C15H29N3O2. The maximum Gasteiger partial charge on any atom is 0.240 e. The molecule has 1 aliphatic carbocycles. The van der Waals surface area contributed by atoms with Gasteiger partial charge in [-0.25, -0.2) is 0 Å². The average Bonchev–Trinajstić information content (AvgIpc) is 2.41. The molecule has 2 fully saturated rings. The van der Waals surface area contributed by atoms with Crippen LogP contribution in [0.2, 0.25) is 0 Å². The molecule has 1 atom stereocenters. The Balaban J connectivity index is 1.84. The van der Waals surface area contributed by atoms with E-state index in [-0.39, 0.29) is 5.91 Å². The molecule has 0 spiro atoms. The van der Waals surface area contributed by atoms with Crippen molar-refractivity contribution in [2.24, 2.45) is 11.7 Å². The molecule has 1 unspecified atom stereocenters. The normalized spacial score (nSPS) is 24.2. The van der Waals surface area contributed by atoms with Crippen molar-refractivity contribution in [2.45, 2.75) is 51.1 Å². The van der Waals surface area contributed by atoms with Crippen LogP contribution in [0, 0.1) is 5.92 Å². The number of nitrogens with zero attached hydrogens (tertiary/aromatic N) is 1. The van der Waals surface area contributed by atoms with E-state index in [0.29, 0.717) is 18.5 Å². The molecule has 1 amide bonds. The first-order valence-electron chi connectivity index (χ1n) is 7.90. The monoisotopic (exact) mass is 283 g/mol. The minimum atomic E-state index is -0.590. The van der Waals surface area contributed by atoms with Gasteiger partial charge in [-0.3, -0.25) is 9.69 Å². The molecule has 5 heteroatoms. The summed E-state index contributed by atoms with van der Waals surface area (Å²) < 4.78 is 5.41. The number of carbonyl (C=O) groups excluding carboxylic acids is 1. The summed E-state index contributed by atoms with van der Waals surface area (Å²) in [5.41, 5.74) is 5.48. The molecule has 2 rings (SSSR count). The van der Waals surface area contributed by atoms with E-state index in [4.69, 9.17) is 10.5 Å². The summed E-state index contributed by atoms with van der Waals surface area (Å²) in [4.78, 5) is 14.6. The SMILES string of the molecule is CC(C)CC(CNC(=O)C1(N)CCC1)N1CCOCC1. The van der Waals surface area contributed by atoms with Crippen LogP contribution in [-0.2, 0) is 9.53 Å². The van der Waals surface area contributed by atoms with Gasteiger partial charge in [-0.1, -0.05) is 13.8 Å². The van der Waals surface area contributed by atoms with Gasteiger partial charge in [0.25, 0.3) is 0 Å². The zero-order valence-corrected chi connectivity index (χ0v) is 12.9. The quantitative estimate of drug-likeness (QED) is 0.754. The number of amides is 1. The standard InChI is InChI=1S/C15H29N3O2/c1-12(2)10-13(18-6-8-20-9-7-18)11-17-14(19)15(16)4-3-5-15/h12-13H,3-11,16H2,1-2H3,(H,17,19). The molecule has 5 nitrogen and oxygen atoms in total. The van der Waals surface area contributed by atoms with Gasteiger partial charge in [-0.05, 0) is 31.6 Å². The average molecular weight is 283 g/mol. The zero-order chi connectivity index (χ0) is 14.6. The molecule has 3 N–H and O–H groups in total.